The van der Waals surface area contributed by atoms with Crippen LogP contribution < -0.4 is 10.6 Å². The fourth-order valence-corrected chi connectivity index (χ4v) is 10.3. The first-order chi connectivity index (χ1) is 29.8. The molecule has 0 saturated carbocycles. The summed E-state index contributed by atoms with van der Waals surface area (Å²) < 4.78 is 13.7. The summed E-state index contributed by atoms with van der Waals surface area (Å²) in [4.78, 5) is 64.0. The number of aromatic nitrogens is 6. The minimum atomic E-state index is -0.710. The lowest BCUT2D eigenvalue weighted by molar-refractivity contribution is -0.142. The van der Waals surface area contributed by atoms with Gasteiger partial charge in [-0.25, -0.2) is 0 Å². The van der Waals surface area contributed by atoms with Gasteiger partial charge in [0, 0.05) is 45.4 Å². The van der Waals surface area contributed by atoms with E-state index in [1.54, 1.807) is 38.1 Å². The molecule has 62 heavy (non-hydrogen) atoms. The van der Waals surface area contributed by atoms with Crippen molar-refractivity contribution in [2.75, 3.05) is 27.3 Å². The Hall–Kier alpha value is -6.08. The predicted octanol–water partition coefficient (Wildman–Crippen LogP) is 6.58. The van der Waals surface area contributed by atoms with E-state index < -0.39 is 24.0 Å². The highest BCUT2D eigenvalue weighted by molar-refractivity contribution is 7.17. The molecule has 8 rings (SSSR count). The molecule has 6 aromatic rings. The Bertz CT molecular complexity index is 2650. The molecule has 2 aliphatic heterocycles. The molecule has 6 heterocycles. The summed E-state index contributed by atoms with van der Waals surface area (Å²) in [6.45, 7) is 7.54. The molecule has 0 unspecified atom stereocenters. The summed E-state index contributed by atoms with van der Waals surface area (Å²) in [5.41, 5.74) is 5.35. The van der Waals surface area contributed by atoms with Crippen LogP contribution in [0.4, 0.5) is 0 Å². The number of nitrogens with zero attached hydrogens (tertiary/aromatic N) is 8. The van der Waals surface area contributed by atoms with Crippen molar-refractivity contribution in [1.82, 2.24) is 40.2 Å². The number of thiophene rings is 2. The number of rotatable bonds is 11. The monoisotopic (exact) mass is 912 g/mol. The van der Waals surface area contributed by atoms with Crippen molar-refractivity contribution in [3.05, 3.63) is 125 Å². The maximum absolute atomic E-state index is 14.0. The number of aryl methyl sites for hydroxylation is 2. The lowest BCUT2D eigenvalue weighted by Crippen LogP contribution is -2.34. The number of carbonyl (C=O) groups is 4. The zero-order chi connectivity index (χ0) is 44.0. The Morgan fingerprint density at radius 1 is 0.613 bits per heavy atom. The third-order valence-corrected chi connectivity index (χ3v) is 13.6. The molecule has 0 spiro atoms. The van der Waals surface area contributed by atoms with Crippen LogP contribution in [0.5, 0.6) is 0 Å². The number of hydrogen-bond donors (Lipinski definition) is 2. The molecule has 2 aliphatic rings. The molecule has 20 heteroatoms. The SMILES string of the molecule is COC(=O)C[C@@H]1N=C(c2ccc(Cl)cc2)c2c(sc(C(=O)NCCNC(=O)c3sc4c(c3C)C(c3ccc(Cl)cc3)=N[C@@H](CC(=O)OC)c3nnc(C)n3-4)c2C)-n2c(C)nnc21. The molecule has 4 aromatic heterocycles. The molecular weight excluding hydrogens is 876 g/mol. The number of amides is 2. The number of halogens is 2. The van der Waals surface area contributed by atoms with Crippen LogP contribution in [0.2, 0.25) is 10.0 Å². The van der Waals surface area contributed by atoms with Gasteiger partial charge < -0.3 is 20.1 Å². The second-order valence-corrected chi connectivity index (χ2v) is 17.3. The largest absolute Gasteiger partial charge is 0.469 e. The summed E-state index contributed by atoms with van der Waals surface area (Å²) >= 11 is 15.0. The number of hydrogen-bond acceptors (Lipinski definition) is 14. The fraction of sp³-hybridized carbons (Fsp3) is 0.286. The first-order valence-electron chi connectivity index (χ1n) is 19.3. The Morgan fingerprint density at radius 2 is 0.984 bits per heavy atom. The van der Waals surface area contributed by atoms with Gasteiger partial charge in [-0.1, -0.05) is 47.5 Å². The Kier molecular flexibility index (Phi) is 11.9. The molecule has 2 N–H and O–H groups in total. The summed E-state index contributed by atoms with van der Waals surface area (Å²) in [5.74, 6) is 0.403. The zero-order valence-electron chi connectivity index (χ0n) is 34.2. The quantitative estimate of drug-likeness (QED) is 0.106. The van der Waals surface area contributed by atoms with Crippen molar-refractivity contribution in [3.63, 3.8) is 0 Å². The van der Waals surface area contributed by atoms with Crippen LogP contribution in [-0.2, 0) is 19.1 Å². The number of benzene rings is 2. The van der Waals surface area contributed by atoms with E-state index in [1.807, 2.05) is 47.2 Å². The van der Waals surface area contributed by atoms with Gasteiger partial charge in [0.15, 0.2) is 11.6 Å². The van der Waals surface area contributed by atoms with Crippen molar-refractivity contribution in [2.45, 2.75) is 52.6 Å². The zero-order valence-corrected chi connectivity index (χ0v) is 37.3. The second-order valence-electron chi connectivity index (χ2n) is 14.4. The molecule has 16 nitrogen and oxygen atoms in total. The highest BCUT2D eigenvalue weighted by atomic mass is 35.5. The van der Waals surface area contributed by atoms with Gasteiger partial charge in [0.05, 0.1) is 48.2 Å². The molecular formula is C42H38Cl2N10O6S2. The number of methoxy groups -OCH3 is 2. The molecule has 2 amide bonds. The van der Waals surface area contributed by atoms with Gasteiger partial charge in [-0.05, 0) is 63.1 Å². The van der Waals surface area contributed by atoms with E-state index in [0.717, 1.165) is 11.1 Å². The smallest absolute Gasteiger partial charge is 0.308 e. The summed E-state index contributed by atoms with van der Waals surface area (Å²) in [6.07, 6.45) is -0.134. The Labute approximate surface area is 373 Å². The average Bonchev–Trinajstić information content (AvgIpc) is 3.98. The standard InChI is InChI=1S/C42H38Cl2N10O6S2/c1-19-31-33(23-7-11-25(43)12-8-23)47-27(17-29(55)59-5)37-51-49-21(3)53(37)41(31)61-35(19)39(57)45-15-16-46-40(58)36-20(2)32-34(24-9-13-26(44)14-10-24)48-28(18-30(56)60-6)38-52-50-22(4)54(38)42(32)62-36/h7-14,27-28H,15-18H2,1-6H3,(H,45,57)(H,46,58)/t27-,28-/m0/s1. The predicted molar refractivity (Wildman–Crippen MR) is 235 cm³/mol. The number of carbonyl (C=O) groups excluding carboxylic acids is 4. The van der Waals surface area contributed by atoms with Gasteiger partial charge in [-0.15, -0.1) is 43.1 Å². The number of aliphatic imine (C=N–C) groups is 2. The van der Waals surface area contributed by atoms with Gasteiger partial charge in [0.25, 0.3) is 11.8 Å². The summed E-state index contributed by atoms with van der Waals surface area (Å²) in [7, 11) is 2.64. The summed E-state index contributed by atoms with van der Waals surface area (Å²) in [6, 6.07) is 13.0. The molecule has 2 aromatic carbocycles. The molecule has 2 atom stereocenters. The highest BCUT2D eigenvalue weighted by Gasteiger charge is 2.36. The molecule has 0 radical (unpaired) electrons. The van der Waals surface area contributed by atoms with E-state index >= 15 is 0 Å². The van der Waals surface area contributed by atoms with Crippen molar-refractivity contribution < 1.29 is 28.7 Å². The Morgan fingerprint density at radius 3 is 1.34 bits per heavy atom. The van der Waals surface area contributed by atoms with E-state index in [2.05, 4.69) is 31.0 Å². The van der Waals surface area contributed by atoms with E-state index in [0.29, 0.717) is 86.8 Å². The number of esters is 2. The minimum absolute atomic E-state index is 0.0670. The van der Waals surface area contributed by atoms with Crippen molar-refractivity contribution in [2.24, 2.45) is 9.98 Å². The maximum atomic E-state index is 14.0. The Balaban J connectivity index is 1.06. The molecule has 0 fully saturated rings. The van der Waals surface area contributed by atoms with Gasteiger partial charge in [-0.2, -0.15) is 0 Å². The topological polar surface area (TPSA) is 197 Å². The van der Waals surface area contributed by atoms with E-state index in [1.165, 1.54) is 36.9 Å². The van der Waals surface area contributed by atoms with Crippen LogP contribution in [0.25, 0.3) is 10.0 Å². The van der Waals surface area contributed by atoms with Gasteiger partial charge in [-0.3, -0.25) is 38.3 Å². The lowest BCUT2D eigenvalue weighted by atomic mass is 9.99. The third-order valence-electron chi connectivity index (χ3n) is 10.5. The molecule has 0 bridgehead atoms. The number of fused-ring (bicyclic) bond motifs is 6. The summed E-state index contributed by atoms with van der Waals surface area (Å²) in [5, 5.41) is 25.8. The molecule has 0 saturated heterocycles. The van der Waals surface area contributed by atoms with E-state index in [4.69, 9.17) is 42.7 Å². The third kappa shape index (κ3) is 7.82. The van der Waals surface area contributed by atoms with Crippen LogP contribution in [-0.4, -0.2) is 92.0 Å². The number of ether oxygens (including phenoxy) is 2. The van der Waals surface area contributed by atoms with Crippen LogP contribution in [0, 0.1) is 27.7 Å². The van der Waals surface area contributed by atoms with Crippen LogP contribution in [0.3, 0.4) is 0 Å². The van der Waals surface area contributed by atoms with E-state index in [-0.39, 0.29) is 37.7 Å². The minimum Gasteiger partial charge on any atom is -0.469 e. The lowest BCUT2D eigenvalue weighted by Gasteiger charge is -2.12. The first-order valence-corrected chi connectivity index (χ1v) is 21.7. The highest BCUT2D eigenvalue weighted by Crippen LogP contribution is 2.42. The van der Waals surface area contributed by atoms with Crippen LogP contribution in [0.15, 0.2) is 58.5 Å². The van der Waals surface area contributed by atoms with Crippen LogP contribution >= 0.6 is 45.9 Å². The van der Waals surface area contributed by atoms with Crippen LogP contribution in [0.1, 0.15) is 101 Å². The maximum Gasteiger partial charge on any atom is 0.308 e. The van der Waals surface area contributed by atoms with Gasteiger partial charge in [0.2, 0.25) is 0 Å². The van der Waals surface area contributed by atoms with Crippen molar-refractivity contribution >= 4 is 81.1 Å². The van der Waals surface area contributed by atoms with Gasteiger partial charge >= 0.3 is 11.9 Å². The second kappa shape index (κ2) is 17.4. The number of nitrogens with one attached hydrogen (secondary N) is 2. The van der Waals surface area contributed by atoms with E-state index in [9.17, 15) is 19.2 Å². The average molecular weight is 914 g/mol. The van der Waals surface area contributed by atoms with Crippen molar-refractivity contribution in [3.8, 4) is 10.0 Å². The fourth-order valence-electron chi connectivity index (χ4n) is 7.47. The van der Waals surface area contributed by atoms with Crippen molar-refractivity contribution in [1.29, 1.82) is 0 Å². The molecule has 318 valence electrons. The first kappa shape index (κ1) is 42.6. The molecule has 0 aliphatic carbocycles. The normalized spacial score (nSPS) is 15.2. The van der Waals surface area contributed by atoms with Gasteiger partial charge in [0.1, 0.15) is 33.7 Å².